The van der Waals surface area contributed by atoms with Crippen molar-refractivity contribution in [3.05, 3.63) is 33.8 Å². The molecule has 0 bridgehead atoms. The highest BCUT2D eigenvalue weighted by atomic mass is 35.5. The molecule has 0 radical (unpaired) electrons. The van der Waals surface area contributed by atoms with Crippen LogP contribution in [0.1, 0.15) is 18.9 Å². The van der Waals surface area contributed by atoms with E-state index in [1.807, 2.05) is 6.92 Å². The molecule has 2 N–H and O–H groups in total. The fourth-order valence-electron chi connectivity index (χ4n) is 1.07. The summed E-state index contributed by atoms with van der Waals surface area (Å²) in [4.78, 5) is 0. The predicted molar refractivity (Wildman–Crippen MR) is 58.8 cm³/mol. The van der Waals surface area contributed by atoms with Crippen molar-refractivity contribution in [2.24, 2.45) is 0 Å². The fraction of sp³-hybridized carbons (Fsp3) is 0.400. The van der Waals surface area contributed by atoms with Crippen LogP contribution >= 0.6 is 23.2 Å². The van der Waals surface area contributed by atoms with Crippen LogP contribution in [0, 0.1) is 0 Å². The molecule has 0 aromatic heterocycles. The fourth-order valence-corrected chi connectivity index (χ4v) is 1.60. The molecule has 0 fully saturated rings. The largest absolute Gasteiger partial charge is 0.340 e. The van der Waals surface area contributed by atoms with Crippen molar-refractivity contribution in [2.75, 3.05) is 6.61 Å². The van der Waals surface area contributed by atoms with E-state index in [0.717, 1.165) is 0 Å². The van der Waals surface area contributed by atoms with Gasteiger partial charge in [-0.15, -0.1) is 0 Å². The Morgan fingerprint density at radius 2 is 1.73 bits per heavy atom. The van der Waals surface area contributed by atoms with Gasteiger partial charge >= 0.3 is 5.97 Å². The van der Waals surface area contributed by atoms with Gasteiger partial charge < -0.3 is 14.9 Å². The van der Waals surface area contributed by atoms with Gasteiger partial charge in [-0.1, -0.05) is 30.1 Å². The Labute approximate surface area is 98.2 Å². The molecule has 0 unspecified atom stereocenters. The highest BCUT2D eigenvalue weighted by Crippen LogP contribution is 2.26. The monoisotopic (exact) mass is 250 g/mol. The molecule has 0 atom stereocenters. The van der Waals surface area contributed by atoms with Crippen molar-refractivity contribution >= 4 is 23.2 Å². The van der Waals surface area contributed by atoms with Crippen molar-refractivity contribution in [1.29, 1.82) is 0 Å². The normalized spacial score (nSPS) is 11.8. The summed E-state index contributed by atoms with van der Waals surface area (Å²) in [5, 5.41) is 19.8. The van der Waals surface area contributed by atoms with Crippen molar-refractivity contribution in [3.8, 4) is 0 Å². The van der Waals surface area contributed by atoms with E-state index in [2.05, 4.69) is 0 Å². The molecule has 1 aromatic rings. The third-order valence-electron chi connectivity index (χ3n) is 1.75. The first-order valence-corrected chi connectivity index (χ1v) is 5.26. The summed E-state index contributed by atoms with van der Waals surface area (Å²) in [6.45, 7) is 2.10. The van der Waals surface area contributed by atoms with E-state index in [0.29, 0.717) is 16.5 Å². The lowest BCUT2D eigenvalue weighted by Gasteiger charge is -2.22. The van der Waals surface area contributed by atoms with Crippen LogP contribution in [-0.2, 0) is 10.7 Å². The zero-order chi connectivity index (χ0) is 11.5. The second-order valence-electron chi connectivity index (χ2n) is 3.11. The smallest absolute Gasteiger partial charge is 0.307 e. The molecule has 0 spiro atoms. The van der Waals surface area contributed by atoms with Crippen molar-refractivity contribution in [2.45, 2.75) is 19.3 Å². The van der Waals surface area contributed by atoms with Gasteiger partial charge in [0.15, 0.2) is 0 Å². The molecule has 0 aliphatic rings. The van der Waals surface area contributed by atoms with Crippen LogP contribution in [0.2, 0.25) is 10.0 Å². The first-order valence-electron chi connectivity index (χ1n) is 4.51. The summed E-state index contributed by atoms with van der Waals surface area (Å²) in [7, 11) is 0. The molecule has 0 amide bonds. The lowest BCUT2D eigenvalue weighted by atomic mass is 10.2. The SMILES string of the molecule is CCCOC(O)(O)c1cc(Cl)cc(Cl)c1. The quantitative estimate of drug-likeness (QED) is 0.808. The van der Waals surface area contributed by atoms with Gasteiger partial charge in [0.25, 0.3) is 0 Å². The van der Waals surface area contributed by atoms with Gasteiger partial charge in [0.1, 0.15) is 0 Å². The number of benzene rings is 1. The second-order valence-corrected chi connectivity index (χ2v) is 3.99. The first-order chi connectivity index (χ1) is 6.95. The van der Waals surface area contributed by atoms with Crippen molar-refractivity contribution in [1.82, 2.24) is 0 Å². The molecular formula is C10H12Cl2O3. The summed E-state index contributed by atoms with van der Waals surface area (Å²) < 4.78 is 4.87. The zero-order valence-electron chi connectivity index (χ0n) is 8.20. The van der Waals surface area contributed by atoms with E-state index in [1.165, 1.54) is 18.2 Å². The Bertz CT molecular complexity index is 319. The summed E-state index contributed by atoms with van der Waals surface area (Å²) in [5.74, 6) is -2.34. The van der Waals surface area contributed by atoms with Gasteiger partial charge in [0, 0.05) is 15.6 Å². The average Bonchev–Trinajstić information content (AvgIpc) is 2.13. The zero-order valence-corrected chi connectivity index (χ0v) is 9.72. The van der Waals surface area contributed by atoms with Crippen LogP contribution in [0.5, 0.6) is 0 Å². The Morgan fingerprint density at radius 1 is 1.20 bits per heavy atom. The third kappa shape index (κ3) is 3.63. The average molecular weight is 251 g/mol. The maximum atomic E-state index is 9.58. The molecule has 0 saturated carbocycles. The van der Waals surface area contributed by atoms with Gasteiger partial charge in [-0.25, -0.2) is 0 Å². The van der Waals surface area contributed by atoms with E-state index in [4.69, 9.17) is 27.9 Å². The minimum absolute atomic E-state index is 0.119. The number of aliphatic hydroxyl groups is 2. The molecule has 15 heavy (non-hydrogen) atoms. The van der Waals surface area contributed by atoms with Crippen LogP contribution in [0.4, 0.5) is 0 Å². The van der Waals surface area contributed by atoms with Gasteiger partial charge in [-0.2, -0.15) is 0 Å². The number of rotatable bonds is 4. The summed E-state index contributed by atoms with van der Waals surface area (Å²) in [5.41, 5.74) is 0.119. The van der Waals surface area contributed by atoms with Crippen LogP contribution in [0.25, 0.3) is 0 Å². The van der Waals surface area contributed by atoms with Crippen LogP contribution < -0.4 is 0 Å². The maximum Gasteiger partial charge on any atom is 0.307 e. The standard InChI is InChI=1S/C10H12Cl2O3/c1-2-3-15-10(13,14)7-4-8(11)6-9(12)5-7/h4-6,13-14H,2-3H2,1H3. The number of hydrogen-bond donors (Lipinski definition) is 2. The molecular weight excluding hydrogens is 239 g/mol. The topological polar surface area (TPSA) is 49.7 Å². The number of ether oxygens (including phenoxy) is 1. The molecule has 0 aliphatic carbocycles. The molecule has 0 aliphatic heterocycles. The van der Waals surface area contributed by atoms with Crippen molar-refractivity contribution < 1.29 is 14.9 Å². The van der Waals surface area contributed by atoms with E-state index in [9.17, 15) is 10.2 Å². The highest BCUT2D eigenvalue weighted by molar-refractivity contribution is 6.34. The maximum absolute atomic E-state index is 9.58. The summed E-state index contributed by atoms with van der Waals surface area (Å²) in [6, 6.07) is 4.29. The van der Waals surface area contributed by atoms with Crippen LogP contribution in [-0.4, -0.2) is 16.8 Å². The Hall–Kier alpha value is -0.320. The van der Waals surface area contributed by atoms with E-state index >= 15 is 0 Å². The van der Waals surface area contributed by atoms with Gasteiger partial charge in [-0.3, -0.25) is 0 Å². The molecule has 84 valence electrons. The summed E-state index contributed by atoms with van der Waals surface area (Å²) >= 11 is 11.5. The Balaban J connectivity index is 2.93. The minimum Gasteiger partial charge on any atom is -0.340 e. The third-order valence-corrected chi connectivity index (χ3v) is 2.18. The first kappa shape index (κ1) is 12.7. The number of hydrogen-bond acceptors (Lipinski definition) is 3. The summed E-state index contributed by atoms with van der Waals surface area (Å²) in [6.07, 6.45) is 0.678. The molecule has 1 aromatic carbocycles. The van der Waals surface area contributed by atoms with Gasteiger partial charge in [0.05, 0.1) is 6.61 Å². The molecule has 5 heteroatoms. The van der Waals surface area contributed by atoms with Crippen LogP contribution in [0.15, 0.2) is 18.2 Å². The van der Waals surface area contributed by atoms with Gasteiger partial charge in [-0.05, 0) is 24.6 Å². The molecule has 0 saturated heterocycles. The van der Waals surface area contributed by atoms with E-state index in [-0.39, 0.29) is 12.2 Å². The highest BCUT2D eigenvalue weighted by Gasteiger charge is 2.27. The number of halogens is 2. The van der Waals surface area contributed by atoms with Gasteiger partial charge in [0.2, 0.25) is 0 Å². The van der Waals surface area contributed by atoms with Crippen molar-refractivity contribution in [3.63, 3.8) is 0 Å². The Morgan fingerprint density at radius 3 is 2.20 bits per heavy atom. The minimum atomic E-state index is -2.34. The molecule has 1 rings (SSSR count). The molecule has 3 nitrogen and oxygen atoms in total. The van der Waals surface area contributed by atoms with Crippen LogP contribution in [0.3, 0.4) is 0 Å². The van der Waals surface area contributed by atoms with E-state index < -0.39 is 5.97 Å². The van der Waals surface area contributed by atoms with E-state index in [1.54, 1.807) is 0 Å². The lowest BCUT2D eigenvalue weighted by Crippen LogP contribution is -2.29. The predicted octanol–water partition coefficient (Wildman–Crippen LogP) is 2.51. The Kier molecular flexibility index (Phi) is 4.37. The second kappa shape index (κ2) is 5.14. The molecule has 0 heterocycles. The lowest BCUT2D eigenvalue weighted by molar-refractivity contribution is -0.350.